The SMILES string of the molecule is CN1CCC2(CC1)N=c1/c(=C3/C(=O)C(c4ccc5cccc6c5c4NC4(CCN(C)CC4)N6)=C3O)ccc3cccc(c13)N2. The van der Waals surface area contributed by atoms with E-state index in [-0.39, 0.29) is 17.2 Å². The fourth-order valence-electron chi connectivity index (χ4n) is 8.00. The number of carbonyl (C=O) groups excluding carboxylic acids is 1. The second kappa shape index (κ2) is 9.06. The van der Waals surface area contributed by atoms with Crippen molar-refractivity contribution in [3.05, 3.63) is 82.6 Å². The molecule has 2 saturated heterocycles. The number of nitrogens with zero attached hydrogens (tertiary/aromatic N) is 3. The number of ketones is 1. The third kappa shape index (κ3) is 3.64. The Labute approximate surface area is 255 Å². The van der Waals surface area contributed by atoms with E-state index in [4.69, 9.17) is 4.99 Å². The Kier molecular flexibility index (Phi) is 5.36. The maximum Gasteiger partial charge on any atom is 0.201 e. The molecule has 4 aliphatic heterocycles. The topological polar surface area (TPSA) is 92.2 Å². The molecule has 4 aromatic carbocycles. The standard InChI is InChI=1S/C36H36N6O2/c1-41-17-13-35(14-18-41)37-25-7-3-5-21-9-11-23(31(39-35)27(21)25)29-33(43)30(34(29)44)24-12-10-22-6-4-8-26-28(22)32(24)40-36(38-26)15-19-42(2)20-16-36/h3-12,37-39,43H,13-20H2,1-2H3/b30-24+. The van der Waals surface area contributed by atoms with Crippen LogP contribution in [0.5, 0.6) is 0 Å². The number of carbonyl (C=O) groups is 1. The minimum absolute atomic E-state index is 0.0556. The predicted octanol–water partition coefficient (Wildman–Crippen LogP) is 4.42. The average molecular weight is 585 g/mol. The van der Waals surface area contributed by atoms with Crippen LogP contribution < -0.4 is 26.5 Å². The molecule has 4 N–H and O–H groups in total. The van der Waals surface area contributed by atoms with Crippen LogP contribution in [-0.4, -0.2) is 72.3 Å². The number of nitrogens with one attached hydrogen (secondary N) is 3. The van der Waals surface area contributed by atoms with Crippen LogP contribution in [0.15, 0.2) is 71.4 Å². The Bertz CT molecular complexity index is 2080. The molecule has 0 saturated carbocycles. The van der Waals surface area contributed by atoms with E-state index in [0.29, 0.717) is 16.4 Å². The molecule has 2 fully saturated rings. The first-order valence-electron chi connectivity index (χ1n) is 15.8. The number of likely N-dealkylation sites (tertiary alicyclic amines) is 2. The van der Waals surface area contributed by atoms with Gasteiger partial charge < -0.3 is 30.9 Å². The fourth-order valence-corrected chi connectivity index (χ4v) is 8.00. The van der Waals surface area contributed by atoms with Gasteiger partial charge in [0, 0.05) is 84.8 Å². The monoisotopic (exact) mass is 584 g/mol. The molecular formula is C36H36N6O2. The van der Waals surface area contributed by atoms with Gasteiger partial charge in [-0.15, -0.1) is 0 Å². The summed E-state index contributed by atoms with van der Waals surface area (Å²) in [5.41, 5.74) is 3.83. The molecule has 0 radical (unpaired) electrons. The summed E-state index contributed by atoms with van der Waals surface area (Å²) in [6, 6.07) is 20.6. The van der Waals surface area contributed by atoms with Gasteiger partial charge in [0.05, 0.1) is 22.2 Å². The average Bonchev–Trinajstić information content (AvgIpc) is 3.03. The lowest BCUT2D eigenvalue weighted by molar-refractivity contribution is -0.109. The summed E-state index contributed by atoms with van der Waals surface area (Å²) in [6.07, 6.45) is 3.62. The van der Waals surface area contributed by atoms with Crippen molar-refractivity contribution in [2.24, 2.45) is 4.99 Å². The molecule has 0 unspecified atom stereocenters. The number of Topliss-reactive ketones (excluding diaryl/α,β-unsaturated/α-hetero) is 1. The third-order valence-electron chi connectivity index (χ3n) is 10.6. The Morgan fingerprint density at radius 1 is 0.727 bits per heavy atom. The van der Waals surface area contributed by atoms with Crippen LogP contribution in [0, 0.1) is 0 Å². The molecule has 44 heavy (non-hydrogen) atoms. The number of aliphatic hydroxyl groups is 1. The van der Waals surface area contributed by atoms with E-state index in [1.54, 1.807) is 0 Å². The lowest BCUT2D eigenvalue weighted by atomic mass is 9.79. The minimum Gasteiger partial charge on any atom is -0.506 e. The van der Waals surface area contributed by atoms with Gasteiger partial charge in [-0.3, -0.25) is 9.79 Å². The van der Waals surface area contributed by atoms with E-state index in [1.165, 1.54) is 0 Å². The van der Waals surface area contributed by atoms with Crippen molar-refractivity contribution in [1.82, 2.24) is 9.80 Å². The van der Waals surface area contributed by atoms with Crippen LogP contribution in [0.1, 0.15) is 31.2 Å². The first-order chi connectivity index (χ1) is 21.3. The Hall–Kier alpha value is -4.40. The molecule has 5 aliphatic rings. The van der Waals surface area contributed by atoms with Gasteiger partial charge in [0.1, 0.15) is 17.1 Å². The molecule has 9 rings (SSSR count). The Morgan fingerprint density at radius 2 is 1.36 bits per heavy atom. The zero-order valence-corrected chi connectivity index (χ0v) is 25.1. The molecule has 0 aromatic heterocycles. The number of piperidine rings is 2. The summed E-state index contributed by atoms with van der Waals surface area (Å²) in [5, 5.41) is 29.0. The number of rotatable bonds is 1. The zero-order chi connectivity index (χ0) is 29.8. The van der Waals surface area contributed by atoms with E-state index in [2.05, 4.69) is 82.3 Å². The number of aliphatic hydroxyl groups excluding tert-OH is 1. The maximum absolute atomic E-state index is 14.2. The molecule has 0 bridgehead atoms. The van der Waals surface area contributed by atoms with Crippen molar-refractivity contribution in [2.45, 2.75) is 37.0 Å². The summed E-state index contributed by atoms with van der Waals surface area (Å²) in [6.45, 7) is 3.84. The zero-order valence-electron chi connectivity index (χ0n) is 25.1. The minimum atomic E-state index is -0.419. The van der Waals surface area contributed by atoms with Gasteiger partial charge in [-0.2, -0.15) is 0 Å². The van der Waals surface area contributed by atoms with Crippen molar-refractivity contribution in [3.63, 3.8) is 0 Å². The van der Waals surface area contributed by atoms with Gasteiger partial charge in [-0.05, 0) is 37.0 Å². The van der Waals surface area contributed by atoms with Crippen LogP contribution in [-0.2, 0) is 4.79 Å². The van der Waals surface area contributed by atoms with E-state index < -0.39 is 5.66 Å². The second-order valence-corrected chi connectivity index (χ2v) is 13.4. The predicted molar refractivity (Wildman–Crippen MR) is 176 cm³/mol. The summed E-state index contributed by atoms with van der Waals surface area (Å²) in [7, 11) is 4.30. The summed E-state index contributed by atoms with van der Waals surface area (Å²) >= 11 is 0. The van der Waals surface area contributed by atoms with E-state index in [0.717, 1.165) is 101 Å². The molecular weight excluding hydrogens is 548 g/mol. The van der Waals surface area contributed by atoms with Crippen LogP contribution in [0.2, 0.25) is 0 Å². The van der Waals surface area contributed by atoms with Crippen molar-refractivity contribution in [1.29, 1.82) is 0 Å². The normalized spacial score (nSPS) is 23.3. The Balaban J connectivity index is 1.24. The molecule has 1 aliphatic carbocycles. The molecule has 8 nitrogen and oxygen atoms in total. The highest BCUT2D eigenvalue weighted by Gasteiger charge is 2.42. The van der Waals surface area contributed by atoms with Crippen molar-refractivity contribution < 1.29 is 9.90 Å². The first kappa shape index (κ1) is 26.0. The largest absolute Gasteiger partial charge is 0.506 e. The van der Waals surface area contributed by atoms with Crippen molar-refractivity contribution in [2.75, 3.05) is 56.2 Å². The third-order valence-corrected chi connectivity index (χ3v) is 10.6. The first-order valence-corrected chi connectivity index (χ1v) is 15.8. The highest BCUT2D eigenvalue weighted by Crippen LogP contribution is 2.48. The van der Waals surface area contributed by atoms with E-state index in [1.807, 2.05) is 18.2 Å². The smallest absolute Gasteiger partial charge is 0.201 e. The number of allylic oxidation sites excluding steroid dienone is 2. The quantitative estimate of drug-likeness (QED) is 0.263. The highest BCUT2D eigenvalue weighted by molar-refractivity contribution is 6.52. The van der Waals surface area contributed by atoms with Crippen molar-refractivity contribution >= 4 is 55.5 Å². The van der Waals surface area contributed by atoms with Gasteiger partial charge in [0.2, 0.25) is 5.78 Å². The molecule has 2 spiro atoms. The number of hydrogen-bond donors (Lipinski definition) is 4. The molecule has 4 heterocycles. The highest BCUT2D eigenvalue weighted by atomic mass is 16.3. The molecule has 0 atom stereocenters. The summed E-state index contributed by atoms with van der Waals surface area (Å²) in [4.78, 5) is 24.3. The number of hydrogen-bond acceptors (Lipinski definition) is 8. The van der Waals surface area contributed by atoms with Crippen LogP contribution in [0.3, 0.4) is 0 Å². The van der Waals surface area contributed by atoms with Crippen LogP contribution >= 0.6 is 0 Å². The maximum atomic E-state index is 14.2. The molecule has 222 valence electrons. The Morgan fingerprint density at radius 3 is 2.07 bits per heavy atom. The fraction of sp³-hybridized carbons (Fsp3) is 0.333. The number of benzene rings is 4. The van der Waals surface area contributed by atoms with Gasteiger partial charge in [-0.1, -0.05) is 48.5 Å². The number of anilines is 3. The van der Waals surface area contributed by atoms with Gasteiger partial charge in [0.25, 0.3) is 0 Å². The van der Waals surface area contributed by atoms with Crippen molar-refractivity contribution in [3.8, 4) is 0 Å². The van der Waals surface area contributed by atoms with E-state index in [9.17, 15) is 9.90 Å². The van der Waals surface area contributed by atoms with Gasteiger partial charge >= 0.3 is 0 Å². The van der Waals surface area contributed by atoms with E-state index >= 15 is 0 Å². The van der Waals surface area contributed by atoms with Crippen LogP contribution in [0.25, 0.3) is 32.7 Å². The second-order valence-electron chi connectivity index (χ2n) is 13.4. The van der Waals surface area contributed by atoms with Crippen LogP contribution in [0.4, 0.5) is 17.1 Å². The molecule has 4 aromatic rings. The lowest BCUT2D eigenvalue weighted by Crippen LogP contribution is -2.55. The van der Waals surface area contributed by atoms with Gasteiger partial charge in [-0.25, -0.2) is 0 Å². The molecule has 0 amide bonds. The van der Waals surface area contributed by atoms with Gasteiger partial charge in [0.15, 0.2) is 0 Å². The summed E-state index contributed by atoms with van der Waals surface area (Å²) in [5.74, 6) is -0.0762. The summed E-state index contributed by atoms with van der Waals surface area (Å²) < 4.78 is 0. The molecule has 8 heteroatoms. The lowest BCUT2D eigenvalue weighted by Gasteiger charge is -2.46.